The van der Waals surface area contributed by atoms with Gasteiger partial charge >= 0.3 is 0 Å². The van der Waals surface area contributed by atoms with E-state index < -0.39 is 0 Å². The van der Waals surface area contributed by atoms with Gasteiger partial charge in [-0.15, -0.1) is 6.42 Å². The molecule has 0 spiro atoms. The molecular formula is C10H13N5O. The van der Waals surface area contributed by atoms with Gasteiger partial charge in [0, 0.05) is 26.2 Å². The third kappa shape index (κ3) is 2.20. The van der Waals surface area contributed by atoms with Gasteiger partial charge < -0.3 is 4.90 Å². The molecule has 1 amide bonds. The van der Waals surface area contributed by atoms with Crippen LogP contribution in [0.4, 0.5) is 0 Å². The first-order valence-electron chi connectivity index (χ1n) is 5.12. The van der Waals surface area contributed by atoms with E-state index in [0.717, 1.165) is 13.1 Å². The molecule has 6 nitrogen and oxygen atoms in total. The van der Waals surface area contributed by atoms with Crippen LogP contribution in [0.3, 0.4) is 0 Å². The lowest BCUT2D eigenvalue weighted by molar-refractivity contribution is 0.0646. The molecule has 0 unspecified atom stereocenters. The number of piperazine rings is 1. The quantitative estimate of drug-likeness (QED) is 0.661. The average molecular weight is 219 g/mol. The lowest BCUT2D eigenvalue weighted by Gasteiger charge is -2.33. The van der Waals surface area contributed by atoms with Crippen LogP contribution in [-0.2, 0) is 0 Å². The number of nitrogens with one attached hydrogen (secondary N) is 1. The van der Waals surface area contributed by atoms with Crippen molar-refractivity contribution in [2.75, 3.05) is 32.7 Å². The number of hydrogen-bond donors (Lipinski definition) is 1. The second-order valence-corrected chi connectivity index (χ2v) is 3.63. The van der Waals surface area contributed by atoms with E-state index in [9.17, 15) is 4.79 Å². The Kier molecular flexibility index (Phi) is 3.17. The van der Waals surface area contributed by atoms with Crippen LogP contribution in [0.5, 0.6) is 0 Å². The van der Waals surface area contributed by atoms with Crippen molar-refractivity contribution in [2.24, 2.45) is 0 Å². The van der Waals surface area contributed by atoms with Gasteiger partial charge in [-0.3, -0.25) is 9.69 Å². The highest BCUT2D eigenvalue weighted by molar-refractivity contribution is 5.91. The molecule has 0 aliphatic carbocycles. The van der Waals surface area contributed by atoms with Gasteiger partial charge in [0.15, 0.2) is 5.69 Å². The molecule has 1 aromatic heterocycles. The third-order valence-corrected chi connectivity index (χ3v) is 2.61. The molecule has 1 fully saturated rings. The molecule has 0 radical (unpaired) electrons. The average Bonchev–Trinajstić information content (AvgIpc) is 2.83. The first-order valence-corrected chi connectivity index (χ1v) is 5.12. The van der Waals surface area contributed by atoms with Gasteiger partial charge in [0.05, 0.1) is 12.7 Å². The highest BCUT2D eigenvalue weighted by Crippen LogP contribution is 2.05. The van der Waals surface area contributed by atoms with E-state index in [0.29, 0.717) is 25.3 Å². The summed E-state index contributed by atoms with van der Waals surface area (Å²) in [4.78, 5) is 15.8. The van der Waals surface area contributed by atoms with Crippen LogP contribution in [0.1, 0.15) is 10.5 Å². The first kappa shape index (κ1) is 10.6. The predicted molar refractivity (Wildman–Crippen MR) is 57.6 cm³/mol. The predicted octanol–water partition coefficient (Wildman–Crippen LogP) is -0.804. The Morgan fingerprint density at radius 1 is 1.50 bits per heavy atom. The van der Waals surface area contributed by atoms with Crippen LogP contribution in [0.2, 0.25) is 0 Å². The van der Waals surface area contributed by atoms with Crippen molar-refractivity contribution in [1.29, 1.82) is 0 Å². The molecule has 0 aromatic carbocycles. The van der Waals surface area contributed by atoms with E-state index in [4.69, 9.17) is 6.42 Å². The zero-order valence-corrected chi connectivity index (χ0v) is 8.89. The third-order valence-electron chi connectivity index (χ3n) is 2.61. The molecular weight excluding hydrogens is 206 g/mol. The van der Waals surface area contributed by atoms with Crippen LogP contribution in [0.15, 0.2) is 6.20 Å². The van der Waals surface area contributed by atoms with Crippen molar-refractivity contribution in [1.82, 2.24) is 25.2 Å². The highest BCUT2D eigenvalue weighted by Gasteiger charge is 2.22. The number of hydrogen-bond acceptors (Lipinski definition) is 4. The molecule has 0 bridgehead atoms. The number of aromatic amines is 1. The van der Waals surface area contributed by atoms with Crippen molar-refractivity contribution < 1.29 is 4.79 Å². The van der Waals surface area contributed by atoms with Crippen molar-refractivity contribution in [3.8, 4) is 12.3 Å². The van der Waals surface area contributed by atoms with Crippen LogP contribution in [0.25, 0.3) is 0 Å². The van der Waals surface area contributed by atoms with Gasteiger partial charge in [-0.05, 0) is 0 Å². The van der Waals surface area contributed by atoms with Gasteiger partial charge in [-0.25, -0.2) is 0 Å². The minimum atomic E-state index is -0.0749. The summed E-state index contributed by atoms with van der Waals surface area (Å²) in [5.74, 6) is 2.53. The summed E-state index contributed by atoms with van der Waals surface area (Å²) in [6.07, 6.45) is 6.68. The minimum Gasteiger partial charge on any atom is -0.335 e. The number of H-pyrrole nitrogens is 1. The minimum absolute atomic E-state index is 0.0749. The maximum atomic E-state index is 11.9. The maximum Gasteiger partial charge on any atom is 0.276 e. The first-order chi connectivity index (χ1) is 7.81. The van der Waals surface area contributed by atoms with Gasteiger partial charge in [-0.2, -0.15) is 15.4 Å². The number of nitrogens with zero attached hydrogens (tertiary/aromatic N) is 4. The molecule has 84 valence electrons. The second kappa shape index (κ2) is 4.77. The fourth-order valence-electron chi connectivity index (χ4n) is 1.70. The largest absolute Gasteiger partial charge is 0.335 e. The Hall–Kier alpha value is -1.87. The lowest BCUT2D eigenvalue weighted by Crippen LogP contribution is -2.48. The molecule has 1 saturated heterocycles. The summed E-state index contributed by atoms with van der Waals surface area (Å²) in [6, 6.07) is 0. The zero-order valence-electron chi connectivity index (χ0n) is 8.89. The molecule has 1 aliphatic heterocycles. The van der Waals surface area contributed by atoms with Crippen molar-refractivity contribution in [2.45, 2.75) is 0 Å². The zero-order chi connectivity index (χ0) is 11.4. The number of amides is 1. The Labute approximate surface area is 93.6 Å². The summed E-state index contributed by atoms with van der Waals surface area (Å²) in [6.45, 7) is 3.65. The summed E-state index contributed by atoms with van der Waals surface area (Å²) in [7, 11) is 0. The topological polar surface area (TPSA) is 65.1 Å². The van der Waals surface area contributed by atoms with Crippen LogP contribution >= 0.6 is 0 Å². The highest BCUT2D eigenvalue weighted by atomic mass is 16.2. The fraction of sp³-hybridized carbons (Fsp3) is 0.500. The van der Waals surface area contributed by atoms with E-state index in [1.807, 2.05) is 0 Å². The summed E-state index contributed by atoms with van der Waals surface area (Å²) in [5.41, 5.74) is 0.366. The van der Waals surface area contributed by atoms with Crippen molar-refractivity contribution in [3.05, 3.63) is 11.9 Å². The normalized spacial score (nSPS) is 17.1. The molecule has 2 rings (SSSR count). The van der Waals surface area contributed by atoms with E-state index >= 15 is 0 Å². The van der Waals surface area contributed by atoms with E-state index in [-0.39, 0.29) is 5.91 Å². The van der Waals surface area contributed by atoms with Crippen molar-refractivity contribution in [3.63, 3.8) is 0 Å². The van der Waals surface area contributed by atoms with Gasteiger partial charge in [0.25, 0.3) is 5.91 Å². The monoisotopic (exact) mass is 219 g/mol. The van der Waals surface area contributed by atoms with Crippen LogP contribution < -0.4 is 0 Å². The van der Waals surface area contributed by atoms with E-state index in [1.54, 1.807) is 4.90 Å². The van der Waals surface area contributed by atoms with E-state index in [2.05, 4.69) is 26.2 Å². The second-order valence-electron chi connectivity index (χ2n) is 3.63. The maximum absolute atomic E-state index is 11.9. The molecule has 0 saturated carbocycles. The summed E-state index contributed by atoms with van der Waals surface area (Å²) in [5, 5.41) is 9.83. The molecule has 16 heavy (non-hydrogen) atoms. The molecule has 1 aliphatic rings. The number of aromatic nitrogens is 3. The lowest BCUT2D eigenvalue weighted by atomic mass is 10.3. The number of carbonyl (C=O) groups is 1. The Bertz CT molecular complexity index is 386. The van der Waals surface area contributed by atoms with E-state index in [1.165, 1.54) is 6.20 Å². The van der Waals surface area contributed by atoms with Gasteiger partial charge in [-0.1, -0.05) is 5.92 Å². The molecule has 1 N–H and O–H groups in total. The Balaban J connectivity index is 1.90. The smallest absolute Gasteiger partial charge is 0.276 e. The number of terminal acetylenes is 1. The van der Waals surface area contributed by atoms with Gasteiger partial charge in [0.2, 0.25) is 0 Å². The van der Waals surface area contributed by atoms with Gasteiger partial charge in [0.1, 0.15) is 0 Å². The summed E-state index contributed by atoms with van der Waals surface area (Å²) >= 11 is 0. The van der Waals surface area contributed by atoms with Crippen molar-refractivity contribution >= 4 is 5.91 Å². The van der Waals surface area contributed by atoms with Crippen LogP contribution in [0, 0.1) is 12.3 Å². The number of rotatable bonds is 2. The SMILES string of the molecule is C#CCN1CCN(C(=O)c2cn[nH]n2)CC1. The number of carbonyl (C=O) groups excluding carboxylic acids is 1. The standard InChI is InChI=1S/C10H13N5O/c1-2-3-14-4-6-15(7-5-14)10(16)9-8-11-13-12-9/h1,8H,3-7H2,(H,11,12,13). The molecule has 6 heteroatoms. The Morgan fingerprint density at radius 3 is 2.81 bits per heavy atom. The summed E-state index contributed by atoms with van der Waals surface area (Å²) < 4.78 is 0. The fourth-order valence-corrected chi connectivity index (χ4v) is 1.70. The molecule has 1 aromatic rings. The molecule has 2 heterocycles. The Morgan fingerprint density at radius 2 is 2.25 bits per heavy atom. The van der Waals surface area contributed by atoms with Crippen LogP contribution in [-0.4, -0.2) is 63.8 Å². The molecule has 0 atom stereocenters.